The van der Waals surface area contributed by atoms with Crippen molar-refractivity contribution < 1.29 is 8.42 Å². The summed E-state index contributed by atoms with van der Waals surface area (Å²) in [5.74, 6) is 0.660. The standard InChI is InChI=1S/C14H22ClNO2S/c1-12(14-8-4-3-5-9-14)11-19(17,18)16-13(2)7-6-10-15/h3-5,8-9,12-13,16H,6-7,10-11H2,1-2H3. The minimum Gasteiger partial charge on any atom is -0.212 e. The molecule has 3 nitrogen and oxygen atoms in total. The van der Waals surface area contributed by atoms with Gasteiger partial charge in [0.1, 0.15) is 0 Å². The molecule has 0 aliphatic rings. The minimum absolute atomic E-state index is 0.0149. The summed E-state index contributed by atoms with van der Waals surface area (Å²) < 4.78 is 26.8. The highest BCUT2D eigenvalue weighted by molar-refractivity contribution is 7.89. The number of nitrogens with one attached hydrogen (secondary N) is 1. The van der Waals surface area contributed by atoms with Gasteiger partial charge in [0.2, 0.25) is 10.0 Å². The van der Waals surface area contributed by atoms with Crippen LogP contribution in [-0.4, -0.2) is 26.1 Å². The van der Waals surface area contributed by atoms with Gasteiger partial charge < -0.3 is 0 Å². The topological polar surface area (TPSA) is 46.2 Å². The Balaban J connectivity index is 2.55. The average Bonchev–Trinajstić information content (AvgIpc) is 2.36. The van der Waals surface area contributed by atoms with Crippen LogP contribution < -0.4 is 4.72 Å². The lowest BCUT2D eigenvalue weighted by atomic mass is 10.0. The van der Waals surface area contributed by atoms with Crippen LogP contribution in [0.4, 0.5) is 0 Å². The maximum absolute atomic E-state index is 12.0. The van der Waals surface area contributed by atoms with E-state index in [0.29, 0.717) is 5.88 Å². The molecule has 0 spiro atoms. The molecule has 1 rings (SSSR count). The van der Waals surface area contributed by atoms with Gasteiger partial charge in [-0.05, 0) is 31.2 Å². The molecule has 108 valence electrons. The zero-order chi connectivity index (χ0) is 14.3. The van der Waals surface area contributed by atoms with Gasteiger partial charge >= 0.3 is 0 Å². The Labute approximate surface area is 121 Å². The van der Waals surface area contributed by atoms with Gasteiger partial charge in [0.25, 0.3) is 0 Å². The van der Waals surface area contributed by atoms with Crippen LogP contribution in [0.3, 0.4) is 0 Å². The van der Waals surface area contributed by atoms with Crippen LogP contribution in [0.25, 0.3) is 0 Å². The van der Waals surface area contributed by atoms with Crippen molar-refractivity contribution in [2.45, 2.75) is 38.6 Å². The minimum atomic E-state index is -3.25. The summed E-state index contributed by atoms with van der Waals surface area (Å²) in [5.41, 5.74) is 1.04. The SMILES string of the molecule is CC(CCCCl)NS(=O)(=O)CC(C)c1ccccc1. The van der Waals surface area contributed by atoms with Crippen molar-refractivity contribution in [3.63, 3.8) is 0 Å². The summed E-state index contributed by atoms with van der Waals surface area (Å²) in [4.78, 5) is 0. The first-order valence-corrected chi connectivity index (χ1v) is 8.74. The molecule has 5 heteroatoms. The van der Waals surface area contributed by atoms with E-state index in [0.717, 1.165) is 18.4 Å². The fourth-order valence-corrected chi connectivity index (χ4v) is 3.84. The van der Waals surface area contributed by atoms with E-state index in [1.54, 1.807) is 0 Å². The fourth-order valence-electron chi connectivity index (χ4n) is 2.00. The second-order valence-electron chi connectivity index (χ2n) is 4.94. The molecular formula is C14H22ClNO2S. The Morgan fingerprint density at radius 3 is 2.42 bits per heavy atom. The lowest BCUT2D eigenvalue weighted by molar-refractivity contribution is 0.540. The number of hydrogen-bond donors (Lipinski definition) is 1. The van der Waals surface area contributed by atoms with Gasteiger partial charge in [0.15, 0.2) is 0 Å². The summed E-state index contributed by atoms with van der Waals surface area (Å²) in [6, 6.07) is 9.63. The Bertz CT molecular complexity index is 462. The van der Waals surface area contributed by atoms with Crippen molar-refractivity contribution >= 4 is 21.6 Å². The van der Waals surface area contributed by atoms with E-state index >= 15 is 0 Å². The molecule has 0 heterocycles. The molecule has 1 aromatic carbocycles. The Morgan fingerprint density at radius 2 is 1.84 bits per heavy atom. The number of benzene rings is 1. The smallest absolute Gasteiger partial charge is 0.212 e. The van der Waals surface area contributed by atoms with Crippen LogP contribution in [-0.2, 0) is 10.0 Å². The Morgan fingerprint density at radius 1 is 1.21 bits per heavy atom. The summed E-state index contributed by atoms with van der Waals surface area (Å²) in [5, 5.41) is 0. The molecule has 0 aromatic heterocycles. The molecule has 0 bridgehead atoms. The van der Waals surface area contributed by atoms with E-state index in [1.165, 1.54) is 0 Å². The first-order chi connectivity index (χ1) is 8.94. The molecule has 0 fully saturated rings. The van der Waals surface area contributed by atoms with Crippen molar-refractivity contribution in [1.82, 2.24) is 4.72 Å². The van der Waals surface area contributed by atoms with Gasteiger partial charge in [-0.2, -0.15) is 0 Å². The summed E-state index contributed by atoms with van der Waals surface area (Å²) >= 11 is 5.60. The van der Waals surface area contributed by atoms with E-state index in [-0.39, 0.29) is 17.7 Å². The van der Waals surface area contributed by atoms with Crippen molar-refractivity contribution in [2.75, 3.05) is 11.6 Å². The third-order valence-electron chi connectivity index (χ3n) is 2.99. The quantitative estimate of drug-likeness (QED) is 0.750. The zero-order valence-electron chi connectivity index (χ0n) is 11.5. The molecular weight excluding hydrogens is 282 g/mol. The van der Waals surface area contributed by atoms with Crippen molar-refractivity contribution in [2.24, 2.45) is 0 Å². The second kappa shape index (κ2) is 7.88. The monoisotopic (exact) mass is 303 g/mol. The maximum atomic E-state index is 12.0. The molecule has 0 saturated carbocycles. The van der Waals surface area contributed by atoms with Gasteiger partial charge in [0.05, 0.1) is 5.75 Å². The van der Waals surface area contributed by atoms with Crippen LogP contribution in [0.15, 0.2) is 30.3 Å². The largest absolute Gasteiger partial charge is 0.212 e. The number of halogens is 1. The Kier molecular flexibility index (Phi) is 6.83. The fraction of sp³-hybridized carbons (Fsp3) is 0.571. The second-order valence-corrected chi connectivity index (χ2v) is 7.12. The molecule has 0 amide bonds. The third-order valence-corrected chi connectivity index (χ3v) is 4.96. The highest BCUT2D eigenvalue weighted by atomic mass is 35.5. The highest BCUT2D eigenvalue weighted by Crippen LogP contribution is 2.16. The van der Waals surface area contributed by atoms with Crippen LogP contribution in [0, 0.1) is 0 Å². The third kappa shape index (κ3) is 6.41. The lowest BCUT2D eigenvalue weighted by Gasteiger charge is -2.17. The molecule has 1 aromatic rings. The number of alkyl halides is 1. The highest BCUT2D eigenvalue weighted by Gasteiger charge is 2.18. The van der Waals surface area contributed by atoms with Crippen molar-refractivity contribution in [3.8, 4) is 0 Å². The van der Waals surface area contributed by atoms with Gasteiger partial charge in [-0.25, -0.2) is 13.1 Å². The molecule has 0 aliphatic carbocycles. The van der Waals surface area contributed by atoms with Gasteiger partial charge in [0, 0.05) is 11.9 Å². The van der Waals surface area contributed by atoms with E-state index in [2.05, 4.69) is 4.72 Å². The molecule has 0 radical (unpaired) electrons. The predicted octanol–water partition coefficient (Wildman–Crippen LogP) is 3.12. The summed E-state index contributed by atoms with van der Waals surface area (Å²) in [7, 11) is -3.25. The average molecular weight is 304 g/mol. The summed E-state index contributed by atoms with van der Waals surface area (Å²) in [6.45, 7) is 3.80. The van der Waals surface area contributed by atoms with Crippen molar-refractivity contribution in [3.05, 3.63) is 35.9 Å². The summed E-state index contributed by atoms with van der Waals surface area (Å²) in [6.07, 6.45) is 1.59. The molecule has 1 N–H and O–H groups in total. The molecule has 0 aliphatic heterocycles. The molecule has 2 unspecified atom stereocenters. The normalized spacial score (nSPS) is 15.1. The molecule has 0 saturated heterocycles. The first-order valence-electron chi connectivity index (χ1n) is 6.55. The number of sulfonamides is 1. The van der Waals surface area contributed by atoms with Crippen LogP contribution >= 0.6 is 11.6 Å². The lowest BCUT2D eigenvalue weighted by Crippen LogP contribution is -2.35. The van der Waals surface area contributed by atoms with Gasteiger partial charge in [-0.15, -0.1) is 11.6 Å². The maximum Gasteiger partial charge on any atom is 0.212 e. The van der Waals surface area contributed by atoms with E-state index < -0.39 is 10.0 Å². The van der Waals surface area contributed by atoms with Crippen molar-refractivity contribution in [1.29, 1.82) is 0 Å². The number of rotatable bonds is 8. The van der Waals surface area contributed by atoms with E-state index in [9.17, 15) is 8.42 Å². The van der Waals surface area contributed by atoms with Gasteiger partial charge in [-0.3, -0.25) is 0 Å². The zero-order valence-corrected chi connectivity index (χ0v) is 13.0. The Hall–Kier alpha value is -0.580. The number of hydrogen-bond acceptors (Lipinski definition) is 2. The van der Waals surface area contributed by atoms with E-state index in [4.69, 9.17) is 11.6 Å². The van der Waals surface area contributed by atoms with E-state index in [1.807, 2.05) is 44.2 Å². The molecule has 19 heavy (non-hydrogen) atoms. The predicted molar refractivity (Wildman–Crippen MR) is 81.2 cm³/mol. The first kappa shape index (κ1) is 16.5. The molecule has 2 atom stereocenters. The van der Waals surface area contributed by atoms with Crippen LogP contribution in [0.1, 0.15) is 38.2 Å². The van der Waals surface area contributed by atoms with Crippen LogP contribution in [0.2, 0.25) is 0 Å². The van der Waals surface area contributed by atoms with Crippen LogP contribution in [0.5, 0.6) is 0 Å². The van der Waals surface area contributed by atoms with Gasteiger partial charge in [-0.1, -0.05) is 37.3 Å².